The van der Waals surface area contributed by atoms with Gasteiger partial charge in [0.15, 0.2) is 5.65 Å². The number of fused-ring (bicyclic) bond motifs is 2. The molecule has 0 amide bonds. The van der Waals surface area contributed by atoms with E-state index in [2.05, 4.69) is 20.1 Å². The van der Waals surface area contributed by atoms with E-state index < -0.39 is 0 Å². The second-order valence-corrected chi connectivity index (χ2v) is 5.13. The summed E-state index contributed by atoms with van der Waals surface area (Å²) in [6, 6.07) is 10.4. The lowest BCUT2D eigenvalue weighted by molar-refractivity contribution is 0.413. The summed E-state index contributed by atoms with van der Waals surface area (Å²) in [4.78, 5) is 13.2. The Morgan fingerprint density at radius 2 is 1.74 bits per heavy atom. The van der Waals surface area contributed by atoms with E-state index in [9.17, 15) is 10.2 Å². The van der Waals surface area contributed by atoms with E-state index in [0.29, 0.717) is 23.5 Å². The Morgan fingerprint density at radius 3 is 2.48 bits per heavy atom. The molecule has 1 aromatic carbocycles. The van der Waals surface area contributed by atoms with Crippen LogP contribution in [0.15, 0.2) is 36.4 Å². The molecule has 114 valence electrons. The predicted molar refractivity (Wildman–Crippen MR) is 84.2 cm³/mol. The normalized spacial score (nSPS) is 11.3. The van der Waals surface area contributed by atoms with Gasteiger partial charge in [-0.05, 0) is 18.6 Å². The van der Waals surface area contributed by atoms with E-state index in [1.807, 2.05) is 31.2 Å². The highest BCUT2D eigenvalue weighted by atomic mass is 16.3. The van der Waals surface area contributed by atoms with Crippen LogP contribution in [0.4, 0.5) is 0 Å². The van der Waals surface area contributed by atoms with E-state index in [1.165, 1.54) is 4.52 Å². The van der Waals surface area contributed by atoms with Crippen LogP contribution in [-0.4, -0.2) is 34.8 Å². The number of para-hydroxylation sites is 2. The Balaban J connectivity index is 1.99. The van der Waals surface area contributed by atoms with Gasteiger partial charge in [0.05, 0.1) is 22.8 Å². The van der Waals surface area contributed by atoms with Crippen LogP contribution in [0.5, 0.6) is 11.8 Å². The van der Waals surface area contributed by atoms with Gasteiger partial charge in [-0.3, -0.25) is 0 Å². The summed E-state index contributed by atoms with van der Waals surface area (Å²) in [5.41, 5.74) is 3.96. The summed E-state index contributed by atoms with van der Waals surface area (Å²) < 4.78 is 1.26. The first-order valence-corrected chi connectivity index (χ1v) is 7.20. The lowest BCUT2D eigenvalue weighted by atomic mass is 10.1. The molecule has 2 N–H and O–H groups in total. The minimum atomic E-state index is -0.262. The van der Waals surface area contributed by atoms with Gasteiger partial charge in [0.2, 0.25) is 11.8 Å². The number of benzene rings is 1. The number of aromatic hydroxyl groups is 2. The number of aryl methyl sites for hydroxylation is 1. The molecular weight excluding hydrogens is 294 g/mol. The molecule has 0 atom stereocenters. The Bertz CT molecular complexity index is 1040. The first-order chi connectivity index (χ1) is 11.2. The van der Waals surface area contributed by atoms with Gasteiger partial charge in [-0.2, -0.15) is 14.6 Å². The molecule has 0 aliphatic rings. The van der Waals surface area contributed by atoms with Gasteiger partial charge >= 0.3 is 0 Å². The van der Waals surface area contributed by atoms with Crippen molar-refractivity contribution in [1.29, 1.82) is 0 Å². The molecule has 0 aliphatic heterocycles. The molecule has 0 saturated carbocycles. The largest absolute Gasteiger partial charge is 0.493 e. The highest BCUT2D eigenvalue weighted by Gasteiger charge is 2.15. The van der Waals surface area contributed by atoms with Crippen molar-refractivity contribution < 1.29 is 10.2 Å². The Morgan fingerprint density at radius 1 is 1.00 bits per heavy atom. The SMILES string of the molecule is CCc1nc2ccccc2nc1-c1cc2nc(O)cc(O)n2n1. The minimum Gasteiger partial charge on any atom is -0.493 e. The second-order valence-electron chi connectivity index (χ2n) is 5.13. The summed E-state index contributed by atoms with van der Waals surface area (Å²) in [5.74, 6) is -0.452. The van der Waals surface area contributed by atoms with Crippen molar-refractivity contribution in [1.82, 2.24) is 24.6 Å². The van der Waals surface area contributed by atoms with Gasteiger partial charge in [-0.1, -0.05) is 19.1 Å². The third-order valence-corrected chi connectivity index (χ3v) is 3.62. The average Bonchev–Trinajstić information content (AvgIpc) is 2.97. The van der Waals surface area contributed by atoms with Crippen LogP contribution in [0, 0.1) is 0 Å². The third kappa shape index (κ3) is 2.13. The van der Waals surface area contributed by atoms with Gasteiger partial charge in [0.1, 0.15) is 11.4 Å². The van der Waals surface area contributed by atoms with Crippen LogP contribution in [0.3, 0.4) is 0 Å². The third-order valence-electron chi connectivity index (χ3n) is 3.62. The van der Waals surface area contributed by atoms with Crippen LogP contribution in [0.2, 0.25) is 0 Å². The Hall–Kier alpha value is -3.22. The highest BCUT2D eigenvalue weighted by molar-refractivity contribution is 5.78. The maximum absolute atomic E-state index is 9.87. The quantitative estimate of drug-likeness (QED) is 0.590. The molecule has 3 heterocycles. The van der Waals surface area contributed by atoms with Crippen LogP contribution in [-0.2, 0) is 6.42 Å². The van der Waals surface area contributed by atoms with E-state index in [4.69, 9.17) is 0 Å². The molecule has 23 heavy (non-hydrogen) atoms. The molecule has 4 aromatic rings. The summed E-state index contributed by atoms with van der Waals surface area (Å²) in [5, 5.41) is 23.7. The van der Waals surface area contributed by atoms with Crippen LogP contribution >= 0.6 is 0 Å². The standard InChI is InChI=1S/C16H13N5O2/c1-2-9-16(18-11-6-4-3-5-10(11)17-9)12-7-13-19-14(22)8-15(23)21(13)20-12/h3-8,23H,2H2,1H3,(H,19,22). The number of rotatable bonds is 2. The zero-order valence-electron chi connectivity index (χ0n) is 12.3. The van der Waals surface area contributed by atoms with Crippen LogP contribution < -0.4 is 0 Å². The van der Waals surface area contributed by atoms with E-state index in [0.717, 1.165) is 22.8 Å². The lowest BCUT2D eigenvalue weighted by Gasteiger charge is -2.05. The first-order valence-electron chi connectivity index (χ1n) is 7.20. The summed E-state index contributed by atoms with van der Waals surface area (Å²) in [7, 11) is 0. The molecule has 7 heteroatoms. The molecule has 4 rings (SSSR count). The number of nitrogens with zero attached hydrogens (tertiary/aromatic N) is 5. The summed E-state index contributed by atoms with van der Waals surface area (Å²) >= 11 is 0. The molecule has 0 radical (unpaired) electrons. The Kier molecular flexibility index (Phi) is 2.87. The lowest BCUT2D eigenvalue weighted by Crippen LogP contribution is -1.98. The van der Waals surface area contributed by atoms with E-state index in [-0.39, 0.29) is 11.8 Å². The predicted octanol–water partition coefficient (Wildman–Crippen LogP) is 2.31. The van der Waals surface area contributed by atoms with Crippen molar-refractivity contribution in [2.24, 2.45) is 0 Å². The van der Waals surface area contributed by atoms with Crippen molar-refractivity contribution >= 4 is 16.7 Å². The summed E-state index contributed by atoms with van der Waals surface area (Å²) in [6.45, 7) is 2.00. The second kappa shape index (κ2) is 4.91. The first kappa shape index (κ1) is 13.4. The Labute approximate surface area is 130 Å². The monoisotopic (exact) mass is 307 g/mol. The summed E-state index contributed by atoms with van der Waals surface area (Å²) in [6.07, 6.45) is 0.700. The molecule has 0 aliphatic carbocycles. The van der Waals surface area contributed by atoms with Crippen LogP contribution in [0.1, 0.15) is 12.6 Å². The minimum absolute atomic E-state index is 0.189. The van der Waals surface area contributed by atoms with E-state index in [1.54, 1.807) is 6.07 Å². The van der Waals surface area contributed by atoms with Crippen molar-refractivity contribution in [3.8, 4) is 23.1 Å². The topological polar surface area (TPSA) is 96.4 Å². The highest BCUT2D eigenvalue weighted by Crippen LogP contribution is 2.26. The number of aromatic nitrogens is 5. The molecule has 0 spiro atoms. The molecule has 3 aromatic heterocycles. The zero-order valence-corrected chi connectivity index (χ0v) is 12.3. The van der Waals surface area contributed by atoms with Crippen molar-refractivity contribution in [2.75, 3.05) is 0 Å². The van der Waals surface area contributed by atoms with Crippen molar-refractivity contribution in [3.63, 3.8) is 0 Å². The van der Waals surface area contributed by atoms with Crippen LogP contribution in [0.25, 0.3) is 28.1 Å². The maximum atomic E-state index is 9.87. The van der Waals surface area contributed by atoms with Crippen molar-refractivity contribution in [2.45, 2.75) is 13.3 Å². The van der Waals surface area contributed by atoms with E-state index >= 15 is 0 Å². The molecular formula is C16H13N5O2. The molecule has 0 unspecified atom stereocenters. The van der Waals surface area contributed by atoms with Gasteiger partial charge in [-0.15, -0.1) is 0 Å². The van der Waals surface area contributed by atoms with Gasteiger partial charge in [0, 0.05) is 6.07 Å². The fourth-order valence-electron chi connectivity index (χ4n) is 2.55. The number of hydrogen-bond donors (Lipinski definition) is 2. The smallest absolute Gasteiger partial charge is 0.219 e. The maximum Gasteiger partial charge on any atom is 0.219 e. The fourth-order valence-corrected chi connectivity index (χ4v) is 2.55. The average molecular weight is 307 g/mol. The molecule has 0 saturated heterocycles. The van der Waals surface area contributed by atoms with Gasteiger partial charge < -0.3 is 10.2 Å². The molecule has 0 fully saturated rings. The van der Waals surface area contributed by atoms with Gasteiger partial charge in [0.25, 0.3) is 0 Å². The van der Waals surface area contributed by atoms with Crippen molar-refractivity contribution in [3.05, 3.63) is 42.1 Å². The molecule has 7 nitrogen and oxygen atoms in total. The zero-order chi connectivity index (χ0) is 16.0. The molecule has 0 bridgehead atoms. The fraction of sp³-hybridized carbons (Fsp3) is 0.125. The number of hydrogen-bond acceptors (Lipinski definition) is 6. The van der Waals surface area contributed by atoms with Gasteiger partial charge in [-0.25, -0.2) is 9.97 Å².